The van der Waals surface area contributed by atoms with Gasteiger partial charge < -0.3 is 5.32 Å². The third-order valence-corrected chi connectivity index (χ3v) is 6.66. The van der Waals surface area contributed by atoms with Gasteiger partial charge in [-0.05, 0) is 60.4 Å². The molecular weight excluding hydrogens is 423 g/mol. The van der Waals surface area contributed by atoms with E-state index in [1.165, 1.54) is 28.3 Å². The molecule has 0 aromatic heterocycles. The summed E-state index contributed by atoms with van der Waals surface area (Å²) in [6.45, 7) is 2.16. The van der Waals surface area contributed by atoms with Gasteiger partial charge in [0.15, 0.2) is 0 Å². The van der Waals surface area contributed by atoms with Gasteiger partial charge in [0.1, 0.15) is 11.2 Å². The number of carbonyl (C=O) groups excluding carboxylic acids is 2. The second kappa shape index (κ2) is 10.0. The zero-order valence-corrected chi connectivity index (χ0v) is 18.7. The van der Waals surface area contributed by atoms with Gasteiger partial charge in [-0.25, -0.2) is 4.39 Å². The monoisotopic (exact) mass is 448 g/mol. The summed E-state index contributed by atoms with van der Waals surface area (Å²) in [4.78, 5) is 26.7. The zero-order valence-electron chi connectivity index (χ0n) is 17.9. The molecule has 4 nitrogen and oxygen atoms in total. The van der Waals surface area contributed by atoms with Crippen LogP contribution in [0.3, 0.4) is 0 Å². The van der Waals surface area contributed by atoms with Gasteiger partial charge in [-0.2, -0.15) is 0 Å². The predicted molar refractivity (Wildman–Crippen MR) is 129 cm³/mol. The number of hydrogen-bond donors (Lipinski definition) is 1. The van der Waals surface area contributed by atoms with Crippen LogP contribution in [0.5, 0.6) is 0 Å². The second-order valence-electron chi connectivity index (χ2n) is 7.76. The molecule has 0 spiro atoms. The van der Waals surface area contributed by atoms with E-state index in [4.69, 9.17) is 0 Å². The van der Waals surface area contributed by atoms with E-state index < -0.39 is 5.82 Å². The molecule has 0 bridgehead atoms. The Bertz CT molecular complexity index is 1120. The molecule has 0 saturated carbocycles. The Morgan fingerprint density at radius 2 is 1.88 bits per heavy atom. The third-order valence-electron chi connectivity index (χ3n) is 5.44. The Morgan fingerprint density at radius 1 is 1.09 bits per heavy atom. The Balaban J connectivity index is 1.51. The standard InChI is InChI=1S/C26H25FN2O2S/c1-2-3-7-18-12-14-19(15-13-18)25(31)28-21-9-6-8-20(16-21)26-29(24(30)17-32-26)23-11-5-4-10-22(23)27/h4-6,8-16,26H,2-3,7,17H2,1H3,(H,28,31)/t26-/m1/s1. The van der Waals surface area contributed by atoms with E-state index in [9.17, 15) is 14.0 Å². The van der Waals surface area contributed by atoms with Gasteiger partial charge >= 0.3 is 0 Å². The molecule has 3 aromatic rings. The number of nitrogens with one attached hydrogen (secondary N) is 1. The Kier molecular flexibility index (Phi) is 6.90. The van der Waals surface area contributed by atoms with Gasteiger partial charge in [0.05, 0.1) is 11.4 Å². The molecule has 1 saturated heterocycles. The first kappa shape index (κ1) is 22.1. The average molecular weight is 449 g/mol. The number of anilines is 2. The summed E-state index contributed by atoms with van der Waals surface area (Å²) in [5.74, 6) is -0.479. The average Bonchev–Trinajstić information content (AvgIpc) is 3.19. The van der Waals surface area contributed by atoms with E-state index >= 15 is 0 Å². The van der Waals surface area contributed by atoms with Crippen molar-refractivity contribution in [3.63, 3.8) is 0 Å². The molecule has 164 valence electrons. The first-order valence-corrected chi connectivity index (χ1v) is 11.8. The quantitative estimate of drug-likeness (QED) is 0.468. The topological polar surface area (TPSA) is 49.4 Å². The van der Waals surface area contributed by atoms with Gasteiger partial charge in [-0.3, -0.25) is 14.5 Å². The maximum Gasteiger partial charge on any atom is 0.255 e. The maximum atomic E-state index is 14.4. The number of carbonyl (C=O) groups is 2. The lowest BCUT2D eigenvalue weighted by atomic mass is 10.1. The van der Waals surface area contributed by atoms with Crippen LogP contribution in [0.4, 0.5) is 15.8 Å². The SMILES string of the molecule is CCCCc1ccc(C(=O)Nc2cccc([C@H]3SCC(=O)N3c3ccccc3F)c2)cc1. The summed E-state index contributed by atoms with van der Waals surface area (Å²) in [5, 5.41) is 2.58. The van der Waals surface area contributed by atoms with Crippen LogP contribution < -0.4 is 10.2 Å². The Hall–Kier alpha value is -3.12. The summed E-state index contributed by atoms with van der Waals surface area (Å²) in [5.41, 5.74) is 3.55. The third kappa shape index (κ3) is 4.86. The minimum atomic E-state index is -0.430. The minimum Gasteiger partial charge on any atom is -0.322 e. The maximum absolute atomic E-state index is 14.4. The van der Waals surface area contributed by atoms with Gasteiger partial charge in [0.2, 0.25) is 5.91 Å². The second-order valence-corrected chi connectivity index (χ2v) is 8.83. The lowest BCUT2D eigenvalue weighted by Gasteiger charge is -2.25. The highest BCUT2D eigenvalue weighted by Crippen LogP contribution is 2.43. The smallest absolute Gasteiger partial charge is 0.255 e. The molecule has 1 atom stereocenters. The molecule has 32 heavy (non-hydrogen) atoms. The number of rotatable bonds is 7. The number of unbranched alkanes of at least 4 members (excludes halogenated alkanes) is 1. The summed E-state index contributed by atoms with van der Waals surface area (Å²) in [7, 11) is 0. The van der Waals surface area contributed by atoms with Crippen molar-refractivity contribution in [2.45, 2.75) is 31.6 Å². The van der Waals surface area contributed by atoms with Gasteiger partial charge in [0.25, 0.3) is 5.91 Å². The molecule has 1 fully saturated rings. The van der Waals surface area contributed by atoms with Crippen molar-refractivity contribution in [2.75, 3.05) is 16.0 Å². The van der Waals surface area contributed by atoms with Crippen LogP contribution in [0, 0.1) is 5.82 Å². The highest BCUT2D eigenvalue weighted by Gasteiger charge is 2.35. The number of thioether (sulfide) groups is 1. The van der Waals surface area contributed by atoms with Crippen molar-refractivity contribution in [1.29, 1.82) is 0 Å². The molecule has 0 radical (unpaired) electrons. The Labute approximate surface area is 191 Å². The van der Waals surface area contributed by atoms with Crippen LogP contribution in [0.2, 0.25) is 0 Å². The molecule has 1 aliphatic rings. The number of halogens is 1. The molecule has 2 amide bonds. The van der Waals surface area contributed by atoms with E-state index in [1.807, 2.05) is 48.5 Å². The van der Waals surface area contributed by atoms with Crippen molar-refractivity contribution in [2.24, 2.45) is 0 Å². The van der Waals surface area contributed by atoms with Gasteiger partial charge in [-0.15, -0.1) is 11.8 Å². The summed E-state index contributed by atoms with van der Waals surface area (Å²) in [6, 6.07) is 21.3. The highest BCUT2D eigenvalue weighted by molar-refractivity contribution is 8.00. The number of amides is 2. The van der Waals surface area contributed by atoms with E-state index in [0.717, 1.165) is 24.8 Å². The Morgan fingerprint density at radius 3 is 2.62 bits per heavy atom. The van der Waals surface area contributed by atoms with Crippen molar-refractivity contribution in [1.82, 2.24) is 0 Å². The summed E-state index contributed by atoms with van der Waals surface area (Å²) >= 11 is 1.44. The van der Waals surface area contributed by atoms with Gasteiger partial charge in [-0.1, -0.05) is 49.7 Å². The number of para-hydroxylation sites is 1. The van der Waals surface area contributed by atoms with Crippen molar-refractivity contribution < 1.29 is 14.0 Å². The molecule has 6 heteroatoms. The molecular formula is C26H25FN2O2S. The summed E-state index contributed by atoms with van der Waals surface area (Å²) in [6.07, 6.45) is 3.28. The number of nitrogens with zero attached hydrogens (tertiary/aromatic N) is 1. The van der Waals surface area contributed by atoms with Crippen LogP contribution in [0.15, 0.2) is 72.8 Å². The molecule has 4 rings (SSSR count). The van der Waals surface area contributed by atoms with Crippen LogP contribution in [0.1, 0.15) is 46.6 Å². The number of hydrogen-bond acceptors (Lipinski definition) is 3. The molecule has 3 aromatic carbocycles. The van der Waals surface area contributed by atoms with Crippen molar-refractivity contribution >= 4 is 35.0 Å². The lowest BCUT2D eigenvalue weighted by molar-refractivity contribution is -0.115. The first-order valence-electron chi connectivity index (χ1n) is 10.7. The largest absolute Gasteiger partial charge is 0.322 e. The van der Waals surface area contributed by atoms with E-state index in [-0.39, 0.29) is 28.6 Å². The molecule has 0 aliphatic carbocycles. The lowest BCUT2D eigenvalue weighted by Crippen LogP contribution is -2.28. The fraction of sp³-hybridized carbons (Fsp3) is 0.231. The molecule has 0 unspecified atom stereocenters. The van der Waals surface area contributed by atoms with E-state index in [2.05, 4.69) is 12.2 Å². The zero-order chi connectivity index (χ0) is 22.5. The van der Waals surface area contributed by atoms with E-state index in [0.29, 0.717) is 11.3 Å². The fourth-order valence-electron chi connectivity index (χ4n) is 3.76. The van der Waals surface area contributed by atoms with Crippen LogP contribution in [-0.4, -0.2) is 17.6 Å². The minimum absolute atomic E-state index is 0.136. The molecule has 1 heterocycles. The van der Waals surface area contributed by atoms with Crippen LogP contribution in [-0.2, 0) is 11.2 Å². The summed E-state index contributed by atoms with van der Waals surface area (Å²) < 4.78 is 14.4. The normalized spacial score (nSPS) is 15.8. The first-order chi connectivity index (χ1) is 15.6. The van der Waals surface area contributed by atoms with E-state index in [1.54, 1.807) is 18.2 Å². The van der Waals surface area contributed by atoms with Gasteiger partial charge in [0, 0.05) is 11.3 Å². The predicted octanol–water partition coefficient (Wildman–Crippen LogP) is 6.20. The van der Waals surface area contributed by atoms with Crippen LogP contribution >= 0.6 is 11.8 Å². The molecule has 1 N–H and O–H groups in total. The molecule has 1 aliphatic heterocycles. The van der Waals surface area contributed by atoms with Crippen LogP contribution in [0.25, 0.3) is 0 Å². The fourth-order valence-corrected chi connectivity index (χ4v) is 4.91. The van der Waals surface area contributed by atoms with Crippen molar-refractivity contribution in [3.05, 3.63) is 95.3 Å². The van der Waals surface area contributed by atoms with Crippen molar-refractivity contribution in [3.8, 4) is 0 Å². The number of aryl methyl sites for hydroxylation is 1. The number of benzene rings is 3. The highest BCUT2D eigenvalue weighted by atomic mass is 32.2.